The van der Waals surface area contributed by atoms with Gasteiger partial charge in [-0.05, 0) is 25.7 Å². The maximum Gasteiger partial charge on any atom is 0.307 e. The number of aliphatic carboxylic acids is 1. The SMILES string of the molecule is C=CCN(C(=O)C1CCCC1C(=O)O)C1CCCC1. The summed E-state index contributed by atoms with van der Waals surface area (Å²) < 4.78 is 0. The quantitative estimate of drug-likeness (QED) is 0.777. The number of carbonyl (C=O) groups excluding carboxylic acids is 1. The fourth-order valence-electron chi connectivity index (χ4n) is 3.54. The molecule has 1 N–H and O–H groups in total. The fraction of sp³-hybridized carbons (Fsp3) is 0.733. The van der Waals surface area contributed by atoms with Crippen molar-refractivity contribution in [1.29, 1.82) is 0 Å². The number of carbonyl (C=O) groups is 2. The summed E-state index contributed by atoms with van der Waals surface area (Å²) in [5.41, 5.74) is 0. The van der Waals surface area contributed by atoms with Crippen LogP contribution in [0.5, 0.6) is 0 Å². The van der Waals surface area contributed by atoms with Crippen molar-refractivity contribution < 1.29 is 14.7 Å². The lowest BCUT2D eigenvalue weighted by Gasteiger charge is -2.31. The predicted molar refractivity (Wildman–Crippen MR) is 72.6 cm³/mol. The Labute approximate surface area is 114 Å². The molecule has 0 spiro atoms. The van der Waals surface area contributed by atoms with Gasteiger partial charge in [-0.3, -0.25) is 9.59 Å². The molecule has 2 unspecified atom stereocenters. The molecular weight excluding hydrogens is 242 g/mol. The molecule has 4 heteroatoms. The van der Waals surface area contributed by atoms with Crippen LogP contribution in [0.25, 0.3) is 0 Å². The minimum absolute atomic E-state index is 0.0386. The van der Waals surface area contributed by atoms with Crippen molar-refractivity contribution in [2.24, 2.45) is 11.8 Å². The Bertz CT molecular complexity index is 360. The van der Waals surface area contributed by atoms with Gasteiger partial charge in [0, 0.05) is 12.6 Å². The van der Waals surface area contributed by atoms with Gasteiger partial charge in [0.05, 0.1) is 11.8 Å². The molecule has 2 fully saturated rings. The lowest BCUT2D eigenvalue weighted by atomic mass is 9.94. The van der Waals surface area contributed by atoms with E-state index in [9.17, 15) is 14.7 Å². The van der Waals surface area contributed by atoms with Crippen LogP contribution in [0.3, 0.4) is 0 Å². The van der Waals surface area contributed by atoms with Gasteiger partial charge in [0.1, 0.15) is 0 Å². The smallest absolute Gasteiger partial charge is 0.307 e. The molecule has 0 aromatic heterocycles. The summed E-state index contributed by atoms with van der Waals surface area (Å²) in [5.74, 6) is -1.59. The Morgan fingerprint density at radius 3 is 2.32 bits per heavy atom. The third-order valence-corrected chi connectivity index (χ3v) is 4.52. The van der Waals surface area contributed by atoms with Gasteiger partial charge in [0.2, 0.25) is 5.91 Å². The zero-order valence-corrected chi connectivity index (χ0v) is 11.4. The number of rotatable bonds is 5. The topological polar surface area (TPSA) is 57.6 Å². The minimum atomic E-state index is -0.819. The molecular formula is C15H23NO3. The predicted octanol–water partition coefficient (Wildman–Crippen LogP) is 2.44. The second kappa shape index (κ2) is 6.22. The maximum atomic E-state index is 12.7. The first-order valence-electron chi connectivity index (χ1n) is 7.29. The molecule has 0 heterocycles. The number of hydrogen-bond acceptors (Lipinski definition) is 2. The van der Waals surface area contributed by atoms with Crippen molar-refractivity contribution in [3.05, 3.63) is 12.7 Å². The third kappa shape index (κ3) is 2.99. The summed E-state index contributed by atoms with van der Waals surface area (Å²) in [6.07, 6.45) is 8.38. The summed E-state index contributed by atoms with van der Waals surface area (Å²) >= 11 is 0. The Kier molecular flexibility index (Phi) is 4.61. The number of carboxylic acids is 1. The highest BCUT2D eigenvalue weighted by molar-refractivity contribution is 5.85. The highest BCUT2D eigenvalue weighted by Gasteiger charge is 2.41. The van der Waals surface area contributed by atoms with Crippen molar-refractivity contribution in [3.8, 4) is 0 Å². The monoisotopic (exact) mass is 265 g/mol. The van der Waals surface area contributed by atoms with E-state index in [2.05, 4.69) is 6.58 Å². The normalized spacial score (nSPS) is 27.4. The van der Waals surface area contributed by atoms with Crippen LogP contribution >= 0.6 is 0 Å². The van der Waals surface area contributed by atoms with Crippen LogP contribution in [0.4, 0.5) is 0 Å². The molecule has 0 aromatic carbocycles. The molecule has 2 aliphatic rings. The largest absolute Gasteiger partial charge is 0.481 e. The average Bonchev–Trinajstić information content (AvgIpc) is 3.05. The molecule has 0 aromatic rings. The highest BCUT2D eigenvalue weighted by atomic mass is 16.4. The van der Waals surface area contributed by atoms with Crippen LogP contribution in [-0.4, -0.2) is 34.5 Å². The summed E-state index contributed by atoms with van der Waals surface area (Å²) in [6.45, 7) is 4.27. The lowest BCUT2D eigenvalue weighted by Crippen LogP contribution is -2.44. The molecule has 2 saturated carbocycles. The van der Waals surface area contributed by atoms with Gasteiger partial charge in [0.25, 0.3) is 0 Å². The number of hydrogen-bond donors (Lipinski definition) is 1. The van der Waals surface area contributed by atoms with E-state index in [1.165, 1.54) is 12.8 Å². The van der Waals surface area contributed by atoms with Crippen molar-refractivity contribution in [2.45, 2.75) is 51.0 Å². The first-order valence-corrected chi connectivity index (χ1v) is 7.29. The van der Waals surface area contributed by atoms with Gasteiger partial charge >= 0.3 is 5.97 Å². The molecule has 0 aliphatic heterocycles. The van der Waals surface area contributed by atoms with E-state index in [-0.39, 0.29) is 11.8 Å². The van der Waals surface area contributed by atoms with Crippen molar-refractivity contribution in [1.82, 2.24) is 4.90 Å². The summed E-state index contributed by atoms with van der Waals surface area (Å²) in [4.78, 5) is 25.8. The summed E-state index contributed by atoms with van der Waals surface area (Å²) in [5, 5.41) is 9.22. The van der Waals surface area contributed by atoms with Gasteiger partial charge in [-0.25, -0.2) is 0 Å². The van der Waals surface area contributed by atoms with Gasteiger partial charge in [0.15, 0.2) is 0 Å². The summed E-state index contributed by atoms with van der Waals surface area (Å²) in [6, 6.07) is 0.292. The van der Waals surface area contributed by atoms with E-state index in [4.69, 9.17) is 0 Å². The Morgan fingerprint density at radius 2 is 1.74 bits per heavy atom. The van der Waals surface area contributed by atoms with Crippen molar-refractivity contribution in [2.75, 3.05) is 6.54 Å². The van der Waals surface area contributed by atoms with Gasteiger partial charge < -0.3 is 10.0 Å². The van der Waals surface area contributed by atoms with Crippen LogP contribution in [0, 0.1) is 11.8 Å². The molecule has 0 radical (unpaired) electrons. The van der Waals surface area contributed by atoms with Gasteiger partial charge in [-0.2, -0.15) is 0 Å². The molecule has 0 bridgehead atoms. The lowest BCUT2D eigenvalue weighted by molar-refractivity contribution is -0.149. The highest BCUT2D eigenvalue weighted by Crippen LogP contribution is 2.35. The number of nitrogens with zero attached hydrogens (tertiary/aromatic N) is 1. The molecule has 2 aliphatic carbocycles. The Balaban J connectivity index is 2.09. The van der Waals surface area contributed by atoms with Crippen LogP contribution in [-0.2, 0) is 9.59 Å². The molecule has 19 heavy (non-hydrogen) atoms. The van der Waals surface area contributed by atoms with E-state index in [1.807, 2.05) is 4.90 Å². The Morgan fingerprint density at radius 1 is 1.11 bits per heavy atom. The number of amides is 1. The standard InChI is InChI=1S/C15H23NO3/c1-2-10-16(11-6-3-4-7-11)14(17)12-8-5-9-13(12)15(18)19/h2,11-13H,1,3-10H2,(H,18,19). The van der Waals surface area contributed by atoms with Crippen LogP contribution in [0.15, 0.2) is 12.7 Å². The van der Waals surface area contributed by atoms with Gasteiger partial charge in [-0.15, -0.1) is 6.58 Å². The molecule has 2 rings (SSSR count). The second-order valence-electron chi connectivity index (χ2n) is 5.70. The average molecular weight is 265 g/mol. The number of carboxylic acid groups (broad SMARTS) is 1. The second-order valence-corrected chi connectivity index (χ2v) is 5.70. The minimum Gasteiger partial charge on any atom is -0.481 e. The summed E-state index contributed by atoms with van der Waals surface area (Å²) in [7, 11) is 0. The maximum absolute atomic E-state index is 12.7. The van der Waals surface area contributed by atoms with Crippen LogP contribution < -0.4 is 0 Å². The van der Waals surface area contributed by atoms with Crippen LogP contribution in [0.2, 0.25) is 0 Å². The van der Waals surface area contributed by atoms with Crippen molar-refractivity contribution in [3.63, 3.8) is 0 Å². The fourth-order valence-corrected chi connectivity index (χ4v) is 3.54. The first kappa shape index (κ1) is 14.1. The van der Waals surface area contributed by atoms with E-state index in [0.29, 0.717) is 19.0 Å². The molecule has 4 nitrogen and oxygen atoms in total. The zero-order valence-electron chi connectivity index (χ0n) is 11.4. The molecule has 0 saturated heterocycles. The molecule has 1 amide bonds. The van der Waals surface area contributed by atoms with Crippen molar-refractivity contribution >= 4 is 11.9 Å². The van der Waals surface area contributed by atoms with Crippen LogP contribution in [0.1, 0.15) is 44.9 Å². The zero-order chi connectivity index (χ0) is 13.8. The van der Waals surface area contributed by atoms with E-state index < -0.39 is 11.9 Å². The van der Waals surface area contributed by atoms with E-state index in [1.54, 1.807) is 6.08 Å². The first-order chi connectivity index (χ1) is 9.15. The van der Waals surface area contributed by atoms with E-state index in [0.717, 1.165) is 25.7 Å². The van der Waals surface area contributed by atoms with E-state index >= 15 is 0 Å². The third-order valence-electron chi connectivity index (χ3n) is 4.52. The Hall–Kier alpha value is -1.32. The van der Waals surface area contributed by atoms with Gasteiger partial charge in [-0.1, -0.05) is 25.3 Å². The molecule has 106 valence electrons. The molecule has 2 atom stereocenters.